The molecule has 3 nitrogen and oxygen atoms in total. The Balaban J connectivity index is 0.968. The first-order chi connectivity index (χ1) is 28.5. The van der Waals surface area contributed by atoms with E-state index in [0.717, 1.165) is 66.3 Å². The van der Waals surface area contributed by atoms with Gasteiger partial charge in [-0.3, -0.25) is 4.98 Å². The number of pyridine rings is 2. The summed E-state index contributed by atoms with van der Waals surface area (Å²) in [5.41, 5.74) is 17.7. The summed E-state index contributed by atoms with van der Waals surface area (Å²) < 4.78 is 6.82. The van der Waals surface area contributed by atoms with Crippen LogP contribution in [0.2, 0.25) is 0 Å². The Morgan fingerprint density at radius 1 is 0.448 bits per heavy atom. The van der Waals surface area contributed by atoms with Gasteiger partial charge in [0.25, 0.3) is 0 Å². The van der Waals surface area contributed by atoms with Gasteiger partial charge in [-0.15, -0.1) is 0 Å². The van der Waals surface area contributed by atoms with Crippen LogP contribution >= 0.6 is 0 Å². The van der Waals surface area contributed by atoms with Crippen molar-refractivity contribution in [3.05, 3.63) is 193 Å². The molecule has 3 heterocycles. The predicted molar refractivity (Wildman–Crippen MR) is 241 cm³/mol. The van der Waals surface area contributed by atoms with Crippen molar-refractivity contribution in [2.24, 2.45) is 0 Å². The van der Waals surface area contributed by atoms with Gasteiger partial charge in [0.05, 0.1) is 16.7 Å². The Bertz CT molecular complexity index is 3470. The first-order valence-corrected chi connectivity index (χ1v) is 20.0. The van der Waals surface area contributed by atoms with Crippen molar-refractivity contribution in [3.8, 4) is 55.8 Å². The smallest absolute Gasteiger partial charge is 0.144 e. The van der Waals surface area contributed by atoms with Crippen LogP contribution in [0, 0.1) is 0 Å². The molecule has 0 spiro atoms. The molecule has 12 rings (SSSR count). The van der Waals surface area contributed by atoms with Crippen molar-refractivity contribution in [2.75, 3.05) is 0 Å². The van der Waals surface area contributed by atoms with Crippen LogP contribution in [0.5, 0.6) is 0 Å². The molecule has 0 amide bonds. The lowest BCUT2D eigenvalue weighted by atomic mass is 9.80. The van der Waals surface area contributed by atoms with Gasteiger partial charge in [0.2, 0.25) is 0 Å². The molecule has 0 atom stereocenters. The average molecular weight is 741 g/mol. The standard InChI is InChI=1S/C55H36N2O/c1-55(2)46-18-10-8-16-43(46)51-47(55)31-45(50-44-17-9-11-19-49(44)58-54(50)51)42-28-27-39(40-14-6-7-15-41(40)42)34-20-22-35(23-21-34)48-29-26-36-24-25-37-30-38(33-12-4-3-5-13-33)32-56-52(37)53(36)57-48/h3-32H,1-2H3. The second kappa shape index (κ2) is 12.3. The Hall–Kier alpha value is -7.36. The number of fused-ring (bicyclic) bond motifs is 11. The molecule has 11 aromatic rings. The lowest BCUT2D eigenvalue weighted by Gasteiger charge is -2.22. The predicted octanol–water partition coefficient (Wildman–Crippen LogP) is 14.8. The first kappa shape index (κ1) is 32.8. The van der Waals surface area contributed by atoms with Gasteiger partial charge in [0.15, 0.2) is 0 Å². The molecule has 3 aromatic heterocycles. The van der Waals surface area contributed by atoms with E-state index in [4.69, 9.17) is 14.4 Å². The van der Waals surface area contributed by atoms with Crippen LogP contribution in [0.3, 0.4) is 0 Å². The Morgan fingerprint density at radius 2 is 1.12 bits per heavy atom. The lowest BCUT2D eigenvalue weighted by molar-refractivity contribution is 0.653. The zero-order valence-corrected chi connectivity index (χ0v) is 32.1. The van der Waals surface area contributed by atoms with Crippen LogP contribution in [0.4, 0.5) is 0 Å². The van der Waals surface area contributed by atoms with Gasteiger partial charge in [-0.2, -0.15) is 0 Å². The second-order valence-electron chi connectivity index (χ2n) is 16.1. The molecule has 0 aliphatic heterocycles. The molecule has 0 fully saturated rings. The van der Waals surface area contributed by atoms with Crippen molar-refractivity contribution in [1.82, 2.24) is 9.97 Å². The summed E-state index contributed by atoms with van der Waals surface area (Å²) in [6.45, 7) is 4.68. The van der Waals surface area contributed by atoms with Gasteiger partial charge < -0.3 is 4.42 Å². The number of rotatable bonds is 4. The van der Waals surface area contributed by atoms with Crippen LogP contribution in [-0.4, -0.2) is 9.97 Å². The van der Waals surface area contributed by atoms with Gasteiger partial charge >= 0.3 is 0 Å². The molecule has 0 N–H and O–H groups in total. The number of benzene rings is 8. The monoisotopic (exact) mass is 740 g/mol. The zero-order chi connectivity index (χ0) is 38.5. The highest BCUT2D eigenvalue weighted by Gasteiger charge is 2.38. The molecular formula is C55H36N2O. The van der Waals surface area contributed by atoms with Crippen molar-refractivity contribution >= 4 is 54.5 Å². The Labute approximate surface area is 335 Å². The molecule has 3 heteroatoms. The maximum absolute atomic E-state index is 6.82. The number of aromatic nitrogens is 2. The summed E-state index contributed by atoms with van der Waals surface area (Å²) >= 11 is 0. The fourth-order valence-corrected chi connectivity index (χ4v) is 9.60. The minimum Gasteiger partial charge on any atom is -0.455 e. The number of hydrogen-bond acceptors (Lipinski definition) is 3. The van der Waals surface area contributed by atoms with Gasteiger partial charge in [0.1, 0.15) is 11.2 Å². The van der Waals surface area contributed by atoms with Crippen molar-refractivity contribution < 1.29 is 4.42 Å². The molecular weight excluding hydrogens is 705 g/mol. The number of para-hydroxylation sites is 1. The van der Waals surface area contributed by atoms with Crippen LogP contribution < -0.4 is 0 Å². The highest BCUT2D eigenvalue weighted by atomic mass is 16.3. The molecule has 58 heavy (non-hydrogen) atoms. The maximum Gasteiger partial charge on any atom is 0.144 e. The molecule has 1 aliphatic rings. The molecule has 0 saturated heterocycles. The summed E-state index contributed by atoms with van der Waals surface area (Å²) in [6, 6.07) is 63.2. The van der Waals surface area contributed by atoms with Gasteiger partial charge in [-0.1, -0.05) is 166 Å². The minimum atomic E-state index is -0.166. The average Bonchev–Trinajstić information content (AvgIpc) is 3.78. The molecule has 272 valence electrons. The third-order valence-electron chi connectivity index (χ3n) is 12.5. The normalized spacial score (nSPS) is 13.1. The summed E-state index contributed by atoms with van der Waals surface area (Å²) in [7, 11) is 0. The van der Waals surface area contributed by atoms with E-state index in [1.165, 1.54) is 55.1 Å². The van der Waals surface area contributed by atoms with E-state index in [1.807, 2.05) is 12.3 Å². The van der Waals surface area contributed by atoms with Gasteiger partial charge in [-0.05, 0) is 79.5 Å². The summed E-state index contributed by atoms with van der Waals surface area (Å²) in [5, 5.41) is 6.91. The molecule has 1 aliphatic carbocycles. The summed E-state index contributed by atoms with van der Waals surface area (Å²) in [4.78, 5) is 10.1. The molecule has 8 aromatic carbocycles. The van der Waals surface area contributed by atoms with E-state index in [9.17, 15) is 0 Å². The fourth-order valence-electron chi connectivity index (χ4n) is 9.60. The molecule has 0 saturated carbocycles. The van der Waals surface area contributed by atoms with Crippen LogP contribution in [-0.2, 0) is 5.41 Å². The van der Waals surface area contributed by atoms with Gasteiger partial charge in [0, 0.05) is 49.8 Å². The largest absolute Gasteiger partial charge is 0.455 e. The summed E-state index contributed by atoms with van der Waals surface area (Å²) in [5.74, 6) is 0. The van der Waals surface area contributed by atoms with Crippen LogP contribution in [0.1, 0.15) is 25.0 Å². The topological polar surface area (TPSA) is 38.9 Å². The van der Waals surface area contributed by atoms with E-state index < -0.39 is 0 Å². The fraction of sp³-hybridized carbons (Fsp3) is 0.0545. The first-order valence-electron chi connectivity index (χ1n) is 20.0. The highest BCUT2D eigenvalue weighted by molar-refractivity contribution is 6.20. The van der Waals surface area contributed by atoms with Crippen LogP contribution in [0.15, 0.2) is 187 Å². The third-order valence-corrected chi connectivity index (χ3v) is 12.5. The maximum atomic E-state index is 6.82. The zero-order valence-electron chi connectivity index (χ0n) is 32.1. The van der Waals surface area contributed by atoms with E-state index in [0.29, 0.717) is 0 Å². The Morgan fingerprint density at radius 3 is 1.97 bits per heavy atom. The molecule has 0 radical (unpaired) electrons. The van der Waals surface area contributed by atoms with Crippen molar-refractivity contribution in [3.63, 3.8) is 0 Å². The van der Waals surface area contributed by atoms with E-state index >= 15 is 0 Å². The SMILES string of the molecule is CC1(C)c2ccccc2-c2c1cc(-c1ccc(-c3ccc(-c4ccc5ccc6cc(-c7ccccc7)cnc6c5n4)cc3)c3ccccc13)c1c2oc2ccccc21. The van der Waals surface area contributed by atoms with Crippen LogP contribution in [0.25, 0.3) is 110 Å². The third kappa shape index (κ3) is 4.80. The van der Waals surface area contributed by atoms with Crippen molar-refractivity contribution in [1.29, 1.82) is 0 Å². The van der Waals surface area contributed by atoms with Gasteiger partial charge in [-0.25, -0.2) is 4.98 Å². The number of furan rings is 1. The minimum absolute atomic E-state index is 0.166. The summed E-state index contributed by atoms with van der Waals surface area (Å²) in [6.07, 6.45) is 1.96. The highest BCUT2D eigenvalue weighted by Crippen LogP contribution is 2.55. The molecule has 0 unspecified atom stereocenters. The second-order valence-corrected chi connectivity index (χ2v) is 16.1. The van der Waals surface area contributed by atoms with Crippen molar-refractivity contribution in [2.45, 2.75) is 19.3 Å². The van der Waals surface area contributed by atoms with E-state index in [1.54, 1.807) is 0 Å². The lowest BCUT2D eigenvalue weighted by Crippen LogP contribution is -2.15. The van der Waals surface area contributed by atoms with E-state index in [-0.39, 0.29) is 5.41 Å². The number of nitrogens with zero attached hydrogens (tertiary/aromatic N) is 2. The number of hydrogen-bond donors (Lipinski definition) is 0. The molecule has 0 bridgehead atoms. The van der Waals surface area contributed by atoms with E-state index in [2.05, 4.69) is 184 Å². The quantitative estimate of drug-likeness (QED) is 0.169. The Kier molecular flexibility index (Phi) is 6.98.